The predicted octanol–water partition coefficient (Wildman–Crippen LogP) is 3.27. The highest BCUT2D eigenvalue weighted by atomic mass is 79.9. The molecular formula is C11H9BrClN3O. The van der Waals surface area contributed by atoms with E-state index >= 15 is 0 Å². The fourth-order valence-corrected chi connectivity index (χ4v) is 1.75. The van der Waals surface area contributed by atoms with Crippen LogP contribution in [-0.4, -0.2) is 10.9 Å². The second-order valence-corrected chi connectivity index (χ2v) is 4.64. The number of nitrogens with one attached hydrogen (secondary N) is 2. The van der Waals surface area contributed by atoms with Gasteiger partial charge < -0.3 is 16.0 Å². The third-order valence-corrected chi connectivity index (χ3v) is 3.05. The van der Waals surface area contributed by atoms with Crippen molar-refractivity contribution in [1.29, 1.82) is 0 Å². The molecule has 0 spiro atoms. The number of aromatic amines is 1. The first-order valence-corrected chi connectivity index (χ1v) is 5.94. The molecule has 88 valence electrons. The number of carbonyl (C=O) groups excluding carboxylic acids is 1. The molecule has 0 saturated heterocycles. The van der Waals surface area contributed by atoms with Gasteiger partial charge in [-0.05, 0) is 46.3 Å². The van der Waals surface area contributed by atoms with Gasteiger partial charge in [0.1, 0.15) is 10.3 Å². The molecule has 0 aliphatic carbocycles. The molecule has 2 aromatic rings. The largest absolute Gasteiger partial charge is 0.397 e. The molecule has 1 heterocycles. The van der Waals surface area contributed by atoms with Crippen molar-refractivity contribution in [3.05, 3.63) is 45.7 Å². The summed E-state index contributed by atoms with van der Waals surface area (Å²) in [6.07, 6.45) is 0. The van der Waals surface area contributed by atoms with Gasteiger partial charge in [0.2, 0.25) is 0 Å². The van der Waals surface area contributed by atoms with Crippen LogP contribution < -0.4 is 11.1 Å². The Bertz CT molecular complexity index is 531. The van der Waals surface area contributed by atoms with Crippen molar-refractivity contribution in [3.63, 3.8) is 0 Å². The van der Waals surface area contributed by atoms with Crippen LogP contribution in [0.5, 0.6) is 0 Å². The van der Waals surface area contributed by atoms with E-state index in [1.807, 2.05) is 0 Å². The Morgan fingerprint density at radius 1 is 1.35 bits per heavy atom. The van der Waals surface area contributed by atoms with Gasteiger partial charge in [0, 0.05) is 10.7 Å². The van der Waals surface area contributed by atoms with Crippen LogP contribution in [0, 0.1) is 0 Å². The zero-order valence-corrected chi connectivity index (χ0v) is 11.0. The van der Waals surface area contributed by atoms with E-state index in [1.54, 1.807) is 30.3 Å². The number of carbonyl (C=O) groups is 1. The maximum absolute atomic E-state index is 11.8. The van der Waals surface area contributed by atoms with Gasteiger partial charge in [0.05, 0.1) is 5.69 Å². The Morgan fingerprint density at radius 2 is 2.00 bits per heavy atom. The second-order valence-electron chi connectivity index (χ2n) is 3.41. The fourth-order valence-electron chi connectivity index (χ4n) is 1.30. The number of aromatic nitrogens is 1. The lowest BCUT2D eigenvalue weighted by atomic mass is 10.3. The number of hydrogen-bond donors (Lipinski definition) is 3. The van der Waals surface area contributed by atoms with E-state index in [1.165, 1.54) is 0 Å². The molecule has 0 saturated carbocycles. The van der Waals surface area contributed by atoms with Gasteiger partial charge in [-0.2, -0.15) is 0 Å². The third-order valence-electron chi connectivity index (χ3n) is 2.14. The monoisotopic (exact) mass is 313 g/mol. The zero-order chi connectivity index (χ0) is 12.4. The van der Waals surface area contributed by atoms with Gasteiger partial charge in [-0.25, -0.2) is 0 Å². The molecule has 1 aromatic heterocycles. The van der Waals surface area contributed by atoms with E-state index in [0.29, 0.717) is 26.7 Å². The Hall–Kier alpha value is -1.46. The average Bonchev–Trinajstić information content (AvgIpc) is 2.63. The number of hydrogen-bond acceptors (Lipinski definition) is 2. The van der Waals surface area contributed by atoms with Crippen molar-refractivity contribution < 1.29 is 4.79 Å². The van der Waals surface area contributed by atoms with E-state index in [-0.39, 0.29) is 5.91 Å². The Balaban J connectivity index is 2.14. The number of anilines is 2. The van der Waals surface area contributed by atoms with Crippen molar-refractivity contribution >= 4 is 44.8 Å². The van der Waals surface area contributed by atoms with Crippen LogP contribution in [0.2, 0.25) is 5.02 Å². The molecule has 0 unspecified atom stereocenters. The molecule has 4 nitrogen and oxygen atoms in total. The van der Waals surface area contributed by atoms with Gasteiger partial charge in [-0.15, -0.1) is 0 Å². The summed E-state index contributed by atoms with van der Waals surface area (Å²) in [5, 5.41) is 3.34. The van der Waals surface area contributed by atoms with E-state index in [0.717, 1.165) is 0 Å². The summed E-state index contributed by atoms with van der Waals surface area (Å²) in [5.41, 5.74) is 7.17. The van der Waals surface area contributed by atoms with Crippen LogP contribution >= 0.6 is 27.5 Å². The summed E-state index contributed by atoms with van der Waals surface area (Å²) in [6, 6.07) is 8.42. The molecule has 1 aromatic carbocycles. The predicted molar refractivity (Wildman–Crippen MR) is 72.3 cm³/mol. The number of benzene rings is 1. The lowest BCUT2D eigenvalue weighted by Gasteiger charge is -2.03. The number of H-pyrrole nitrogens is 1. The minimum atomic E-state index is -0.260. The topological polar surface area (TPSA) is 70.9 Å². The minimum Gasteiger partial charge on any atom is -0.397 e. The molecule has 0 radical (unpaired) electrons. The van der Waals surface area contributed by atoms with Gasteiger partial charge >= 0.3 is 0 Å². The molecule has 6 heteroatoms. The van der Waals surface area contributed by atoms with Crippen molar-refractivity contribution in [3.8, 4) is 0 Å². The van der Waals surface area contributed by atoms with Crippen LogP contribution in [0.25, 0.3) is 0 Å². The van der Waals surface area contributed by atoms with Crippen LogP contribution in [0.3, 0.4) is 0 Å². The van der Waals surface area contributed by atoms with Crippen molar-refractivity contribution in [1.82, 2.24) is 4.98 Å². The Labute approximate surface area is 111 Å². The lowest BCUT2D eigenvalue weighted by molar-refractivity contribution is 0.102. The van der Waals surface area contributed by atoms with Gasteiger partial charge in [-0.1, -0.05) is 11.6 Å². The van der Waals surface area contributed by atoms with Crippen LogP contribution in [0.15, 0.2) is 34.9 Å². The first-order valence-electron chi connectivity index (χ1n) is 4.77. The molecule has 0 aliphatic heterocycles. The molecule has 0 fully saturated rings. The van der Waals surface area contributed by atoms with Gasteiger partial charge in [0.15, 0.2) is 0 Å². The number of amides is 1. The molecule has 4 N–H and O–H groups in total. The lowest BCUT2D eigenvalue weighted by Crippen LogP contribution is -2.12. The van der Waals surface area contributed by atoms with Gasteiger partial charge in [-0.3, -0.25) is 4.79 Å². The molecular weight excluding hydrogens is 305 g/mol. The zero-order valence-electron chi connectivity index (χ0n) is 8.63. The third kappa shape index (κ3) is 2.81. The molecule has 0 bridgehead atoms. The summed E-state index contributed by atoms with van der Waals surface area (Å²) in [4.78, 5) is 14.6. The van der Waals surface area contributed by atoms with E-state index < -0.39 is 0 Å². The summed E-state index contributed by atoms with van der Waals surface area (Å²) >= 11 is 8.95. The maximum atomic E-state index is 11.8. The summed E-state index contributed by atoms with van der Waals surface area (Å²) < 4.78 is 0.596. The number of nitrogen functional groups attached to an aromatic ring is 1. The summed E-state index contributed by atoms with van der Waals surface area (Å²) in [5.74, 6) is -0.260. The van der Waals surface area contributed by atoms with Gasteiger partial charge in [0.25, 0.3) is 5.91 Å². The highest BCUT2D eigenvalue weighted by molar-refractivity contribution is 9.10. The first-order chi connectivity index (χ1) is 8.06. The molecule has 17 heavy (non-hydrogen) atoms. The molecule has 0 aliphatic rings. The SMILES string of the molecule is Nc1cc(C(=O)Nc2ccc(Cl)cc2)[nH]c1Br. The normalized spacial score (nSPS) is 10.2. The standard InChI is InChI=1S/C11H9BrClN3O/c12-10-8(14)5-9(16-10)11(17)15-7-3-1-6(13)2-4-7/h1-5,16H,14H2,(H,15,17). The van der Waals surface area contributed by atoms with Crippen molar-refractivity contribution in [2.24, 2.45) is 0 Å². The molecule has 1 amide bonds. The highest BCUT2D eigenvalue weighted by Crippen LogP contribution is 2.20. The Kier molecular flexibility index (Phi) is 3.40. The number of nitrogens with two attached hydrogens (primary N) is 1. The molecule has 2 rings (SSSR count). The minimum absolute atomic E-state index is 0.260. The fraction of sp³-hybridized carbons (Fsp3) is 0. The Morgan fingerprint density at radius 3 is 2.53 bits per heavy atom. The highest BCUT2D eigenvalue weighted by Gasteiger charge is 2.10. The van der Waals surface area contributed by atoms with Crippen LogP contribution in [0.4, 0.5) is 11.4 Å². The average molecular weight is 315 g/mol. The quantitative estimate of drug-likeness (QED) is 0.796. The second kappa shape index (κ2) is 4.81. The smallest absolute Gasteiger partial charge is 0.272 e. The van der Waals surface area contributed by atoms with Crippen LogP contribution in [0.1, 0.15) is 10.5 Å². The number of halogens is 2. The van der Waals surface area contributed by atoms with E-state index in [9.17, 15) is 4.79 Å². The maximum Gasteiger partial charge on any atom is 0.272 e. The van der Waals surface area contributed by atoms with E-state index in [4.69, 9.17) is 17.3 Å². The first kappa shape index (κ1) is 12.0. The summed E-state index contributed by atoms with van der Waals surface area (Å²) in [6.45, 7) is 0. The van der Waals surface area contributed by atoms with E-state index in [2.05, 4.69) is 26.2 Å². The number of rotatable bonds is 2. The van der Waals surface area contributed by atoms with Crippen molar-refractivity contribution in [2.45, 2.75) is 0 Å². The molecule has 0 atom stereocenters. The van der Waals surface area contributed by atoms with Crippen molar-refractivity contribution in [2.75, 3.05) is 11.1 Å². The van der Waals surface area contributed by atoms with Crippen LogP contribution in [-0.2, 0) is 0 Å². The summed E-state index contributed by atoms with van der Waals surface area (Å²) in [7, 11) is 0.